The van der Waals surface area contributed by atoms with Gasteiger partial charge in [0, 0.05) is 18.3 Å². The van der Waals surface area contributed by atoms with Crippen LogP contribution in [0, 0.1) is 29.6 Å². The highest BCUT2D eigenvalue weighted by Crippen LogP contribution is 2.67. The molecule has 0 aromatic heterocycles. The van der Waals surface area contributed by atoms with Crippen molar-refractivity contribution in [1.29, 1.82) is 0 Å². The minimum atomic E-state index is -0.365. The fourth-order valence-electron chi connectivity index (χ4n) is 7.38. The van der Waals surface area contributed by atoms with Crippen molar-refractivity contribution in [2.45, 2.75) is 83.2 Å². The van der Waals surface area contributed by atoms with Crippen molar-refractivity contribution in [3.8, 4) is 0 Å². The summed E-state index contributed by atoms with van der Waals surface area (Å²) in [5.41, 5.74) is 1.32. The first-order valence-electron chi connectivity index (χ1n) is 10.7. The van der Waals surface area contributed by atoms with Crippen LogP contribution in [-0.4, -0.2) is 24.1 Å². The van der Waals surface area contributed by atoms with Crippen LogP contribution in [0.15, 0.2) is 23.5 Å². The molecule has 2 saturated carbocycles. The molecule has 3 nitrogen and oxygen atoms in total. The van der Waals surface area contributed by atoms with E-state index in [0.717, 1.165) is 24.5 Å². The molecule has 1 spiro atoms. The first kappa shape index (κ1) is 17.3. The van der Waals surface area contributed by atoms with Gasteiger partial charge in [-0.3, -0.25) is 0 Å². The molecule has 144 valence electrons. The van der Waals surface area contributed by atoms with Crippen LogP contribution in [-0.2, 0) is 14.2 Å². The molecule has 4 fully saturated rings. The van der Waals surface area contributed by atoms with Crippen LogP contribution < -0.4 is 0 Å². The molecule has 7 atom stereocenters. The summed E-state index contributed by atoms with van der Waals surface area (Å²) in [6, 6.07) is 0. The molecule has 0 N–H and O–H groups in total. The zero-order valence-electron chi connectivity index (χ0n) is 17.0. The predicted octanol–water partition coefficient (Wildman–Crippen LogP) is 5.22. The van der Waals surface area contributed by atoms with Crippen molar-refractivity contribution in [1.82, 2.24) is 0 Å². The molecule has 2 aliphatic heterocycles. The Morgan fingerprint density at radius 3 is 2.58 bits per heavy atom. The fourth-order valence-corrected chi connectivity index (χ4v) is 7.38. The Morgan fingerprint density at radius 1 is 1.08 bits per heavy atom. The molecule has 26 heavy (non-hydrogen) atoms. The molecule has 2 heterocycles. The normalized spacial score (nSPS) is 51.5. The Bertz CT molecular complexity index is 677. The monoisotopic (exact) mass is 358 g/mol. The second kappa shape index (κ2) is 5.38. The largest absolute Gasteiger partial charge is 0.497 e. The van der Waals surface area contributed by atoms with E-state index in [1.54, 1.807) is 7.11 Å². The van der Waals surface area contributed by atoms with Gasteiger partial charge in [-0.25, -0.2) is 0 Å². The summed E-state index contributed by atoms with van der Waals surface area (Å²) in [7, 11) is 1.79. The van der Waals surface area contributed by atoms with Gasteiger partial charge in [0.05, 0.1) is 18.3 Å². The van der Waals surface area contributed by atoms with E-state index in [1.807, 2.05) is 0 Å². The summed E-state index contributed by atoms with van der Waals surface area (Å²) in [5.74, 6) is 3.67. The van der Waals surface area contributed by atoms with Gasteiger partial charge in [0.25, 0.3) is 0 Å². The summed E-state index contributed by atoms with van der Waals surface area (Å²) in [6.07, 6.45) is 11.8. The lowest BCUT2D eigenvalue weighted by molar-refractivity contribution is -0.363. The lowest BCUT2D eigenvalue weighted by Crippen LogP contribution is -2.63. The maximum atomic E-state index is 7.21. The molecule has 5 aliphatic rings. The minimum Gasteiger partial charge on any atom is -0.497 e. The molecule has 3 unspecified atom stereocenters. The molecule has 2 bridgehead atoms. The highest BCUT2D eigenvalue weighted by atomic mass is 16.7. The van der Waals surface area contributed by atoms with E-state index >= 15 is 0 Å². The highest BCUT2D eigenvalue weighted by Gasteiger charge is 2.69. The molecular weight excluding hydrogens is 324 g/mol. The topological polar surface area (TPSA) is 27.7 Å². The number of ether oxygens (including phenoxy) is 3. The van der Waals surface area contributed by atoms with Crippen LogP contribution in [0.1, 0.15) is 66.2 Å². The van der Waals surface area contributed by atoms with E-state index in [0.29, 0.717) is 23.7 Å². The zero-order valence-corrected chi connectivity index (χ0v) is 17.0. The summed E-state index contributed by atoms with van der Waals surface area (Å²) < 4.78 is 19.5. The number of hydrogen-bond donors (Lipinski definition) is 0. The average molecular weight is 359 g/mol. The van der Waals surface area contributed by atoms with E-state index in [-0.39, 0.29) is 17.0 Å². The van der Waals surface area contributed by atoms with Crippen molar-refractivity contribution in [3.05, 3.63) is 23.5 Å². The number of rotatable bonds is 1. The summed E-state index contributed by atoms with van der Waals surface area (Å²) in [6.45, 7) is 9.12. The van der Waals surface area contributed by atoms with E-state index < -0.39 is 0 Å². The van der Waals surface area contributed by atoms with Gasteiger partial charge in [-0.15, -0.1) is 0 Å². The van der Waals surface area contributed by atoms with Crippen molar-refractivity contribution in [3.63, 3.8) is 0 Å². The molecule has 0 amide bonds. The van der Waals surface area contributed by atoms with E-state index in [1.165, 1.54) is 31.3 Å². The number of methoxy groups -OCH3 is 1. The van der Waals surface area contributed by atoms with Gasteiger partial charge in [0.1, 0.15) is 5.76 Å². The van der Waals surface area contributed by atoms with Crippen LogP contribution >= 0.6 is 0 Å². The van der Waals surface area contributed by atoms with E-state index in [4.69, 9.17) is 14.2 Å². The fraction of sp³-hybridized carbons (Fsp3) is 0.826. The molecule has 0 radical (unpaired) electrons. The van der Waals surface area contributed by atoms with Gasteiger partial charge in [-0.1, -0.05) is 13.0 Å². The highest BCUT2D eigenvalue weighted by molar-refractivity contribution is 5.33. The minimum absolute atomic E-state index is 0.0302. The summed E-state index contributed by atoms with van der Waals surface area (Å²) in [4.78, 5) is 0. The Hall–Kier alpha value is -0.800. The Kier molecular flexibility index (Phi) is 3.58. The Morgan fingerprint density at radius 2 is 1.88 bits per heavy atom. The summed E-state index contributed by atoms with van der Waals surface area (Å²) in [5, 5.41) is 0. The molecule has 3 heteroatoms. The molecule has 0 aromatic carbocycles. The third-order valence-electron chi connectivity index (χ3n) is 8.64. The zero-order chi connectivity index (χ0) is 18.3. The Labute approximate surface area is 158 Å². The summed E-state index contributed by atoms with van der Waals surface area (Å²) >= 11 is 0. The SMILES string of the molecule is COC1=C(C)C2CCC3[C@@H]4CC[C@]3(O[C@]3(CCC(C)(C)O3)[C@H]4C)C2C=C1. The van der Waals surface area contributed by atoms with Crippen molar-refractivity contribution < 1.29 is 14.2 Å². The van der Waals surface area contributed by atoms with Crippen LogP contribution in [0.5, 0.6) is 0 Å². The van der Waals surface area contributed by atoms with E-state index in [2.05, 4.69) is 39.8 Å². The second-order valence-corrected chi connectivity index (χ2v) is 10.1. The first-order valence-corrected chi connectivity index (χ1v) is 10.7. The van der Waals surface area contributed by atoms with Crippen LogP contribution in [0.4, 0.5) is 0 Å². The van der Waals surface area contributed by atoms with Gasteiger partial charge in [-0.05, 0) is 82.3 Å². The molecule has 3 aliphatic carbocycles. The third-order valence-corrected chi connectivity index (χ3v) is 8.64. The molecule has 2 saturated heterocycles. The standard InChI is InChI=1S/C23H34O3/c1-14-16-6-7-19-17-10-11-22(19,18(16)8-9-20(14)24-5)26-23(15(17)2)13-12-21(3,4)25-23/h8-9,15-19H,6-7,10-13H2,1-5H3/t15-,16?,17+,18?,19?,22-,23+/m0/s1. The van der Waals surface area contributed by atoms with Gasteiger partial charge in [0.2, 0.25) is 0 Å². The van der Waals surface area contributed by atoms with Gasteiger partial charge in [-0.2, -0.15) is 0 Å². The third kappa shape index (κ3) is 2.08. The molecule has 5 rings (SSSR count). The second-order valence-electron chi connectivity index (χ2n) is 10.1. The van der Waals surface area contributed by atoms with Crippen molar-refractivity contribution in [2.24, 2.45) is 29.6 Å². The van der Waals surface area contributed by atoms with E-state index in [9.17, 15) is 0 Å². The number of hydrogen-bond acceptors (Lipinski definition) is 3. The maximum Gasteiger partial charge on any atom is 0.172 e. The van der Waals surface area contributed by atoms with Gasteiger partial charge in [0.15, 0.2) is 5.79 Å². The van der Waals surface area contributed by atoms with Gasteiger partial charge >= 0.3 is 0 Å². The van der Waals surface area contributed by atoms with Crippen LogP contribution in [0.2, 0.25) is 0 Å². The number of fused-ring (bicyclic) bond motifs is 1. The smallest absolute Gasteiger partial charge is 0.172 e. The molecule has 0 aromatic rings. The average Bonchev–Trinajstić information content (AvgIpc) is 3.09. The van der Waals surface area contributed by atoms with Crippen LogP contribution in [0.25, 0.3) is 0 Å². The van der Waals surface area contributed by atoms with Crippen molar-refractivity contribution >= 4 is 0 Å². The predicted molar refractivity (Wildman–Crippen MR) is 101 cm³/mol. The first-order chi connectivity index (χ1) is 12.3. The quantitative estimate of drug-likeness (QED) is 0.643. The Balaban J connectivity index is 1.55. The van der Waals surface area contributed by atoms with Crippen molar-refractivity contribution in [2.75, 3.05) is 7.11 Å². The van der Waals surface area contributed by atoms with Gasteiger partial charge < -0.3 is 14.2 Å². The molecular formula is C23H34O3. The number of allylic oxidation sites excluding steroid dienone is 2. The maximum absolute atomic E-state index is 7.21. The lowest BCUT2D eigenvalue weighted by Gasteiger charge is -2.59. The lowest BCUT2D eigenvalue weighted by atomic mass is 9.57. The van der Waals surface area contributed by atoms with Crippen LogP contribution in [0.3, 0.4) is 0 Å².